The van der Waals surface area contributed by atoms with Crippen LogP contribution in [0.3, 0.4) is 0 Å². The number of aromatic nitrogens is 2. The van der Waals surface area contributed by atoms with E-state index in [1.54, 1.807) is 36.7 Å². The maximum atomic E-state index is 8.45. The first-order valence-corrected chi connectivity index (χ1v) is 5.90. The molecule has 0 saturated heterocycles. The summed E-state index contributed by atoms with van der Waals surface area (Å²) in [6.45, 7) is 0. The molecule has 0 spiro atoms. The molecule has 0 radical (unpaired) electrons. The summed E-state index contributed by atoms with van der Waals surface area (Å²) in [5.74, 6) is 0. The third-order valence-corrected chi connectivity index (χ3v) is 2.54. The molecule has 0 amide bonds. The summed E-state index contributed by atoms with van der Waals surface area (Å²) in [4.78, 5) is 8.24. The monoisotopic (exact) mass is 258 g/mol. The van der Waals surface area contributed by atoms with Gasteiger partial charge in [-0.15, -0.1) is 0 Å². The van der Waals surface area contributed by atoms with Crippen molar-refractivity contribution in [3.63, 3.8) is 0 Å². The van der Waals surface area contributed by atoms with E-state index in [0.717, 1.165) is 11.0 Å². The lowest BCUT2D eigenvalue weighted by Gasteiger charge is -1.90. The minimum atomic E-state index is 0.435. The van der Waals surface area contributed by atoms with Crippen molar-refractivity contribution in [1.82, 2.24) is 9.97 Å². The first-order valence-electron chi connectivity index (χ1n) is 5.90. The largest absolute Gasteiger partial charge is 0.253 e. The van der Waals surface area contributed by atoms with Crippen LogP contribution in [-0.4, -0.2) is 9.97 Å². The van der Waals surface area contributed by atoms with Crippen LogP contribution in [0.5, 0.6) is 0 Å². The second-order valence-corrected chi connectivity index (χ2v) is 3.81. The zero-order chi connectivity index (χ0) is 14.2. The van der Waals surface area contributed by atoms with E-state index in [1.807, 2.05) is 36.4 Å². The molecular formula is C16H10N4. The number of para-hydroxylation sites is 2. The van der Waals surface area contributed by atoms with Gasteiger partial charge in [-0.2, -0.15) is 10.5 Å². The van der Waals surface area contributed by atoms with Gasteiger partial charge >= 0.3 is 0 Å². The molecule has 0 bridgehead atoms. The fourth-order valence-electron chi connectivity index (χ4n) is 1.59. The van der Waals surface area contributed by atoms with Crippen LogP contribution in [0, 0.1) is 22.7 Å². The number of nitrogens with zero attached hydrogens (tertiary/aromatic N) is 4. The second-order valence-electron chi connectivity index (χ2n) is 3.81. The van der Waals surface area contributed by atoms with Gasteiger partial charge < -0.3 is 0 Å². The Bertz CT molecular complexity index is 699. The third-order valence-electron chi connectivity index (χ3n) is 2.54. The SMILES string of the molecule is N#Cc1ccccc1C#N.c1ccc2nccnc2c1. The molecule has 4 nitrogen and oxygen atoms in total. The molecule has 20 heavy (non-hydrogen) atoms. The molecule has 3 rings (SSSR count). The zero-order valence-corrected chi connectivity index (χ0v) is 10.6. The summed E-state index contributed by atoms with van der Waals surface area (Å²) < 4.78 is 0. The van der Waals surface area contributed by atoms with Crippen molar-refractivity contribution in [1.29, 1.82) is 10.5 Å². The first kappa shape index (κ1) is 13.2. The minimum Gasteiger partial charge on any atom is -0.253 e. The summed E-state index contributed by atoms with van der Waals surface area (Å²) in [7, 11) is 0. The van der Waals surface area contributed by atoms with E-state index in [4.69, 9.17) is 10.5 Å². The summed E-state index contributed by atoms with van der Waals surface area (Å²) in [5, 5.41) is 16.9. The molecule has 0 N–H and O–H groups in total. The molecule has 0 unspecified atom stereocenters. The van der Waals surface area contributed by atoms with Gasteiger partial charge in [-0.05, 0) is 24.3 Å². The van der Waals surface area contributed by atoms with Crippen LogP contribution in [0.25, 0.3) is 11.0 Å². The molecular weight excluding hydrogens is 248 g/mol. The number of benzene rings is 2. The van der Waals surface area contributed by atoms with Crippen molar-refractivity contribution in [2.45, 2.75) is 0 Å². The molecule has 2 aromatic carbocycles. The van der Waals surface area contributed by atoms with Gasteiger partial charge in [-0.3, -0.25) is 9.97 Å². The van der Waals surface area contributed by atoms with E-state index in [1.165, 1.54) is 0 Å². The summed E-state index contributed by atoms with van der Waals surface area (Å²) >= 11 is 0. The Morgan fingerprint density at radius 2 is 1.05 bits per heavy atom. The number of nitriles is 2. The molecule has 0 fully saturated rings. The van der Waals surface area contributed by atoms with Crippen molar-refractivity contribution in [3.05, 3.63) is 72.1 Å². The van der Waals surface area contributed by atoms with E-state index >= 15 is 0 Å². The molecule has 0 aliphatic rings. The Morgan fingerprint density at radius 3 is 1.45 bits per heavy atom. The van der Waals surface area contributed by atoms with Crippen molar-refractivity contribution in [2.75, 3.05) is 0 Å². The molecule has 0 aliphatic heterocycles. The van der Waals surface area contributed by atoms with E-state index in [2.05, 4.69) is 9.97 Å². The number of hydrogen-bond acceptors (Lipinski definition) is 4. The zero-order valence-electron chi connectivity index (χ0n) is 10.6. The van der Waals surface area contributed by atoms with E-state index in [-0.39, 0.29) is 0 Å². The smallest absolute Gasteiger partial charge is 0.101 e. The summed E-state index contributed by atoms with van der Waals surface area (Å²) in [5.41, 5.74) is 2.77. The molecule has 0 saturated carbocycles. The highest BCUT2D eigenvalue weighted by atomic mass is 14.8. The van der Waals surface area contributed by atoms with Crippen LogP contribution in [0.2, 0.25) is 0 Å². The highest BCUT2D eigenvalue weighted by Gasteiger charge is 1.95. The van der Waals surface area contributed by atoms with Gasteiger partial charge in [0.1, 0.15) is 12.1 Å². The van der Waals surface area contributed by atoms with E-state index in [0.29, 0.717) is 11.1 Å². The van der Waals surface area contributed by atoms with Crippen LogP contribution in [0.1, 0.15) is 11.1 Å². The maximum absolute atomic E-state index is 8.45. The Kier molecular flexibility index (Phi) is 4.37. The van der Waals surface area contributed by atoms with Gasteiger partial charge in [-0.25, -0.2) is 0 Å². The maximum Gasteiger partial charge on any atom is 0.101 e. The van der Waals surface area contributed by atoms with Crippen molar-refractivity contribution in [2.24, 2.45) is 0 Å². The van der Waals surface area contributed by atoms with Gasteiger partial charge in [0.05, 0.1) is 22.2 Å². The molecule has 3 aromatic rings. The van der Waals surface area contributed by atoms with Gasteiger partial charge in [0.2, 0.25) is 0 Å². The summed E-state index contributed by atoms with van der Waals surface area (Å²) in [6, 6.07) is 18.4. The fraction of sp³-hybridized carbons (Fsp3) is 0. The average molecular weight is 258 g/mol. The molecule has 1 heterocycles. The van der Waals surface area contributed by atoms with Crippen molar-refractivity contribution < 1.29 is 0 Å². The molecule has 1 aromatic heterocycles. The predicted octanol–water partition coefficient (Wildman–Crippen LogP) is 3.06. The Morgan fingerprint density at radius 1 is 0.650 bits per heavy atom. The van der Waals surface area contributed by atoms with Crippen LogP contribution in [0.4, 0.5) is 0 Å². The van der Waals surface area contributed by atoms with Crippen molar-refractivity contribution in [3.8, 4) is 12.1 Å². The van der Waals surface area contributed by atoms with Crippen molar-refractivity contribution >= 4 is 11.0 Å². The second kappa shape index (κ2) is 6.63. The molecule has 0 aliphatic carbocycles. The van der Waals surface area contributed by atoms with E-state index < -0.39 is 0 Å². The van der Waals surface area contributed by atoms with Crippen LogP contribution < -0.4 is 0 Å². The minimum absolute atomic E-state index is 0.435. The topological polar surface area (TPSA) is 73.4 Å². The normalized spacial score (nSPS) is 8.90. The standard InChI is InChI=1S/C8H6N2.C8H4N2/c1-2-4-8-7(3-1)9-5-6-10-8;9-5-7-3-1-2-4-8(7)6-10/h1-6H;1-4H. The van der Waals surface area contributed by atoms with Gasteiger partial charge in [-0.1, -0.05) is 24.3 Å². The number of hydrogen-bond donors (Lipinski definition) is 0. The van der Waals surface area contributed by atoms with Gasteiger partial charge in [0.15, 0.2) is 0 Å². The van der Waals surface area contributed by atoms with Crippen LogP contribution >= 0.6 is 0 Å². The highest BCUT2D eigenvalue weighted by Crippen LogP contribution is 2.04. The molecule has 4 heteroatoms. The lowest BCUT2D eigenvalue weighted by Crippen LogP contribution is -1.79. The quantitative estimate of drug-likeness (QED) is 0.621. The van der Waals surface area contributed by atoms with Gasteiger partial charge in [0, 0.05) is 12.4 Å². The lowest BCUT2D eigenvalue weighted by atomic mass is 10.1. The predicted molar refractivity (Wildman–Crippen MR) is 75.4 cm³/mol. The highest BCUT2D eigenvalue weighted by molar-refractivity contribution is 5.72. The Hall–Kier alpha value is -3.24. The average Bonchev–Trinajstić information content (AvgIpc) is 2.55. The first-order chi connectivity index (χ1) is 9.85. The summed E-state index contributed by atoms with van der Waals surface area (Å²) in [6.07, 6.45) is 3.39. The van der Waals surface area contributed by atoms with Crippen LogP contribution in [0.15, 0.2) is 60.9 Å². The Labute approximate surface area is 116 Å². The molecule has 0 atom stereocenters. The number of rotatable bonds is 0. The van der Waals surface area contributed by atoms with Crippen LogP contribution in [-0.2, 0) is 0 Å². The Balaban J connectivity index is 0.000000147. The third kappa shape index (κ3) is 3.16. The fourth-order valence-corrected chi connectivity index (χ4v) is 1.59. The van der Waals surface area contributed by atoms with Gasteiger partial charge in [0.25, 0.3) is 0 Å². The molecule has 94 valence electrons. The van der Waals surface area contributed by atoms with E-state index in [9.17, 15) is 0 Å². The number of fused-ring (bicyclic) bond motifs is 1. The lowest BCUT2D eigenvalue weighted by molar-refractivity contribution is 1.29.